The van der Waals surface area contributed by atoms with Crippen molar-refractivity contribution in [3.8, 4) is 0 Å². The maximum Gasteiger partial charge on any atom is 0.157 e. The van der Waals surface area contributed by atoms with Crippen LogP contribution in [0.3, 0.4) is 0 Å². The molecule has 0 atom stereocenters. The van der Waals surface area contributed by atoms with Gasteiger partial charge in [-0.05, 0) is 44.9 Å². The summed E-state index contributed by atoms with van der Waals surface area (Å²) in [5.74, 6) is 0. The predicted octanol–water partition coefficient (Wildman–Crippen LogP) is 9.54. The number of hydrogen-bond acceptors (Lipinski definition) is 2. The first-order valence-electron chi connectivity index (χ1n) is 13.4. The van der Waals surface area contributed by atoms with Gasteiger partial charge < -0.3 is 9.47 Å². The SMILES string of the molecule is CCCCC=CC=CCCCCCCCC(OCCCCCC)OCCCCCC. The molecule has 0 saturated carbocycles. The number of hydrogen-bond donors (Lipinski definition) is 0. The highest BCUT2D eigenvalue weighted by Crippen LogP contribution is 2.13. The Bertz CT molecular complexity index is 348. The molecule has 2 heteroatoms. The van der Waals surface area contributed by atoms with E-state index in [1.807, 2.05) is 0 Å². The molecule has 178 valence electrons. The molecule has 0 fully saturated rings. The molecular weight excluding hydrogens is 368 g/mol. The minimum Gasteiger partial charge on any atom is -0.353 e. The fraction of sp³-hybridized carbons (Fsp3) is 0.857. The average molecular weight is 423 g/mol. The average Bonchev–Trinajstić information content (AvgIpc) is 2.76. The molecule has 0 radical (unpaired) electrons. The van der Waals surface area contributed by atoms with Gasteiger partial charge in [0.25, 0.3) is 0 Å². The Morgan fingerprint density at radius 3 is 1.53 bits per heavy atom. The van der Waals surface area contributed by atoms with Gasteiger partial charge in [-0.1, -0.05) is 116 Å². The lowest BCUT2D eigenvalue weighted by molar-refractivity contribution is -0.148. The molecule has 0 saturated heterocycles. The minimum absolute atomic E-state index is 0.0238. The molecule has 0 aliphatic carbocycles. The first-order chi connectivity index (χ1) is 14.8. The van der Waals surface area contributed by atoms with Gasteiger partial charge in [-0.2, -0.15) is 0 Å². The van der Waals surface area contributed by atoms with Crippen LogP contribution in [0, 0.1) is 0 Å². The molecule has 0 bridgehead atoms. The third-order valence-electron chi connectivity index (χ3n) is 5.52. The summed E-state index contributed by atoms with van der Waals surface area (Å²) in [6.07, 6.45) is 31.7. The molecule has 30 heavy (non-hydrogen) atoms. The number of allylic oxidation sites excluding steroid dienone is 4. The smallest absolute Gasteiger partial charge is 0.157 e. The van der Waals surface area contributed by atoms with Gasteiger partial charge >= 0.3 is 0 Å². The predicted molar refractivity (Wildman–Crippen MR) is 134 cm³/mol. The van der Waals surface area contributed by atoms with Gasteiger partial charge in [-0.3, -0.25) is 0 Å². The summed E-state index contributed by atoms with van der Waals surface area (Å²) in [5, 5.41) is 0. The summed E-state index contributed by atoms with van der Waals surface area (Å²) >= 11 is 0. The standard InChI is InChI=1S/C28H54O2/c1-4-7-10-13-14-15-16-17-18-19-20-21-22-25-28(29-26-23-11-8-5-2)30-27-24-12-9-6-3/h13-16,28H,4-12,17-27H2,1-3H3. The lowest BCUT2D eigenvalue weighted by Crippen LogP contribution is -2.19. The molecule has 0 aromatic rings. The van der Waals surface area contributed by atoms with Crippen molar-refractivity contribution in [1.29, 1.82) is 0 Å². The second kappa shape index (κ2) is 26.4. The monoisotopic (exact) mass is 422 g/mol. The summed E-state index contributed by atoms with van der Waals surface area (Å²) in [5.41, 5.74) is 0. The topological polar surface area (TPSA) is 18.5 Å². The van der Waals surface area contributed by atoms with Crippen LogP contribution in [0.4, 0.5) is 0 Å². The van der Waals surface area contributed by atoms with E-state index in [1.54, 1.807) is 0 Å². The van der Waals surface area contributed by atoms with Gasteiger partial charge in [0.2, 0.25) is 0 Å². The highest BCUT2D eigenvalue weighted by atomic mass is 16.7. The molecule has 0 heterocycles. The Hall–Kier alpha value is -0.600. The Kier molecular flexibility index (Phi) is 25.9. The largest absolute Gasteiger partial charge is 0.353 e. The Morgan fingerprint density at radius 2 is 0.967 bits per heavy atom. The molecule has 0 aromatic carbocycles. The lowest BCUT2D eigenvalue weighted by atomic mass is 10.1. The summed E-state index contributed by atoms with van der Waals surface area (Å²) in [7, 11) is 0. The summed E-state index contributed by atoms with van der Waals surface area (Å²) < 4.78 is 12.1. The maximum absolute atomic E-state index is 6.06. The van der Waals surface area contributed by atoms with E-state index in [1.165, 1.54) is 109 Å². The van der Waals surface area contributed by atoms with Crippen LogP contribution in [-0.2, 0) is 9.47 Å². The van der Waals surface area contributed by atoms with Crippen molar-refractivity contribution in [1.82, 2.24) is 0 Å². The third-order valence-corrected chi connectivity index (χ3v) is 5.52. The van der Waals surface area contributed by atoms with Crippen molar-refractivity contribution in [2.45, 2.75) is 143 Å². The summed E-state index contributed by atoms with van der Waals surface area (Å²) in [6.45, 7) is 8.47. The van der Waals surface area contributed by atoms with Crippen LogP contribution in [0.5, 0.6) is 0 Å². The summed E-state index contributed by atoms with van der Waals surface area (Å²) in [6, 6.07) is 0. The van der Waals surface area contributed by atoms with Gasteiger partial charge in [-0.15, -0.1) is 0 Å². The van der Waals surface area contributed by atoms with Crippen molar-refractivity contribution in [2.24, 2.45) is 0 Å². The Morgan fingerprint density at radius 1 is 0.500 bits per heavy atom. The lowest BCUT2D eigenvalue weighted by Gasteiger charge is -2.19. The molecule has 0 unspecified atom stereocenters. The van der Waals surface area contributed by atoms with Gasteiger partial charge in [0.05, 0.1) is 0 Å². The third kappa shape index (κ3) is 23.7. The normalized spacial score (nSPS) is 12.1. The molecule has 2 nitrogen and oxygen atoms in total. The van der Waals surface area contributed by atoms with Crippen molar-refractivity contribution >= 4 is 0 Å². The fourth-order valence-electron chi connectivity index (χ4n) is 3.48. The van der Waals surface area contributed by atoms with Crippen LogP contribution in [0.25, 0.3) is 0 Å². The van der Waals surface area contributed by atoms with E-state index < -0.39 is 0 Å². The second-order valence-electron chi connectivity index (χ2n) is 8.64. The molecule has 0 aliphatic rings. The van der Waals surface area contributed by atoms with Crippen LogP contribution in [0.2, 0.25) is 0 Å². The molecular formula is C28H54O2. The van der Waals surface area contributed by atoms with Crippen molar-refractivity contribution < 1.29 is 9.47 Å². The summed E-state index contributed by atoms with van der Waals surface area (Å²) in [4.78, 5) is 0. The van der Waals surface area contributed by atoms with Gasteiger partial charge in [-0.25, -0.2) is 0 Å². The van der Waals surface area contributed by atoms with Crippen molar-refractivity contribution in [2.75, 3.05) is 13.2 Å². The zero-order chi connectivity index (χ0) is 22.0. The van der Waals surface area contributed by atoms with Crippen LogP contribution >= 0.6 is 0 Å². The van der Waals surface area contributed by atoms with E-state index >= 15 is 0 Å². The van der Waals surface area contributed by atoms with E-state index in [-0.39, 0.29) is 6.29 Å². The van der Waals surface area contributed by atoms with Crippen LogP contribution < -0.4 is 0 Å². The van der Waals surface area contributed by atoms with E-state index in [9.17, 15) is 0 Å². The van der Waals surface area contributed by atoms with Gasteiger partial charge in [0.15, 0.2) is 6.29 Å². The van der Waals surface area contributed by atoms with E-state index in [0.717, 1.165) is 19.6 Å². The maximum atomic E-state index is 6.06. The highest BCUT2D eigenvalue weighted by molar-refractivity contribution is 5.02. The van der Waals surface area contributed by atoms with Gasteiger partial charge in [0.1, 0.15) is 0 Å². The van der Waals surface area contributed by atoms with E-state index in [4.69, 9.17) is 9.47 Å². The molecule has 0 aromatic heterocycles. The molecule has 0 N–H and O–H groups in total. The van der Waals surface area contributed by atoms with Gasteiger partial charge in [0, 0.05) is 13.2 Å². The van der Waals surface area contributed by atoms with Crippen LogP contribution in [0.15, 0.2) is 24.3 Å². The quantitative estimate of drug-likeness (QED) is 0.0875. The first kappa shape index (κ1) is 29.4. The molecule has 0 aliphatic heterocycles. The number of rotatable bonds is 24. The Labute approximate surface area is 189 Å². The highest BCUT2D eigenvalue weighted by Gasteiger charge is 2.09. The van der Waals surface area contributed by atoms with E-state index in [2.05, 4.69) is 45.1 Å². The zero-order valence-corrected chi connectivity index (χ0v) is 20.8. The zero-order valence-electron chi connectivity index (χ0n) is 20.8. The van der Waals surface area contributed by atoms with E-state index in [0.29, 0.717) is 0 Å². The first-order valence-corrected chi connectivity index (χ1v) is 13.4. The molecule has 0 rings (SSSR count). The number of unbranched alkanes of at least 4 members (excludes halogenated alkanes) is 13. The Balaban J connectivity index is 3.74. The fourth-order valence-corrected chi connectivity index (χ4v) is 3.48. The second-order valence-corrected chi connectivity index (χ2v) is 8.64. The van der Waals surface area contributed by atoms with Crippen molar-refractivity contribution in [3.05, 3.63) is 24.3 Å². The van der Waals surface area contributed by atoms with Crippen molar-refractivity contribution in [3.63, 3.8) is 0 Å². The number of ether oxygens (including phenoxy) is 2. The molecule has 0 amide bonds. The van der Waals surface area contributed by atoms with Crippen LogP contribution in [-0.4, -0.2) is 19.5 Å². The molecule has 0 spiro atoms. The van der Waals surface area contributed by atoms with Crippen LogP contribution in [0.1, 0.15) is 136 Å². The minimum atomic E-state index is 0.0238.